The number of nitrogens with zero attached hydrogens (tertiary/aromatic N) is 1. The van der Waals surface area contributed by atoms with Gasteiger partial charge in [-0.25, -0.2) is 4.79 Å². The first-order valence-electron chi connectivity index (χ1n) is 10.9. The molecule has 2 aromatic carbocycles. The zero-order valence-corrected chi connectivity index (χ0v) is 18.3. The van der Waals surface area contributed by atoms with E-state index >= 15 is 0 Å². The highest BCUT2D eigenvalue weighted by Crippen LogP contribution is 2.52. The molecule has 0 unspecified atom stereocenters. The summed E-state index contributed by atoms with van der Waals surface area (Å²) in [6, 6.07) is 13.8. The molecule has 170 valence electrons. The largest absolute Gasteiger partial charge is 0.497 e. The average molecular weight is 448 g/mol. The van der Waals surface area contributed by atoms with E-state index < -0.39 is 29.5 Å². The molecule has 2 saturated heterocycles. The molecule has 2 aromatic rings. The summed E-state index contributed by atoms with van der Waals surface area (Å²) in [7, 11) is 1.59. The van der Waals surface area contributed by atoms with Crippen LogP contribution in [-0.2, 0) is 19.1 Å². The summed E-state index contributed by atoms with van der Waals surface area (Å²) in [6.07, 6.45) is 3.31. The Hall–Kier alpha value is -3.65. The molecule has 5 rings (SSSR count). The van der Waals surface area contributed by atoms with E-state index in [1.165, 1.54) is 0 Å². The molecule has 33 heavy (non-hydrogen) atoms. The van der Waals surface area contributed by atoms with Crippen LogP contribution in [0, 0.1) is 11.8 Å². The number of fused-ring (bicyclic) bond motifs is 1. The number of rotatable bonds is 6. The number of hydrogen-bond acceptors (Lipinski definition) is 6. The molecule has 3 aliphatic heterocycles. The topological polar surface area (TPSA) is 94.2 Å². The maximum absolute atomic E-state index is 13.4. The highest BCUT2D eigenvalue weighted by atomic mass is 16.5. The molecule has 3 heterocycles. The molecule has 8 heteroatoms. The number of methoxy groups -OCH3 is 1. The van der Waals surface area contributed by atoms with Crippen LogP contribution in [0.2, 0.25) is 0 Å². The van der Waals surface area contributed by atoms with Crippen molar-refractivity contribution in [3.05, 3.63) is 66.2 Å². The Morgan fingerprint density at radius 2 is 2.00 bits per heavy atom. The minimum absolute atomic E-state index is 0.146. The van der Waals surface area contributed by atoms with Gasteiger partial charge in [0.1, 0.15) is 11.4 Å². The van der Waals surface area contributed by atoms with Crippen molar-refractivity contribution in [3.8, 4) is 5.75 Å². The number of esters is 1. The summed E-state index contributed by atoms with van der Waals surface area (Å²) < 4.78 is 16.4. The van der Waals surface area contributed by atoms with Crippen molar-refractivity contribution in [2.75, 3.05) is 30.5 Å². The second kappa shape index (κ2) is 8.04. The van der Waals surface area contributed by atoms with Crippen molar-refractivity contribution in [2.45, 2.75) is 18.6 Å². The van der Waals surface area contributed by atoms with Gasteiger partial charge in [0.15, 0.2) is 0 Å². The molecule has 2 bridgehead atoms. The van der Waals surface area contributed by atoms with Crippen LogP contribution in [0.3, 0.4) is 0 Å². The zero-order chi connectivity index (χ0) is 23.2. The van der Waals surface area contributed by atoms with Crippen LogP contribution >= 0.6 is 0 Å². The van der Waals surface area contributed by atoms with E-state index in [2.05, 4.69) is 5.32 Å². The normalized spacial score (nSPS) is 26.9. The van der Waals surface area contributed by atoms with Crippen molar-refractivity contribution >= 4 is 29.2 Å². The summed E-state index contributed by atoms with van der Waals surface area (Å²) in [5, 5.41) is 2.86. The third kappa shape index (κ3) is 3.47. The van der Waals surface area contributed by atoms with E-state index in [1.54, 1.807) is 55.3 Å². The monoisotopic (exact) mass is 448 g/mol. The van der Waals surface area contributed by atoms with Gasteiger partial charge in [0.25, 0.3) is 0 Å². The molecule has 1 N–H and O–H groups in total. The van der Waals surface area contributed by atoms with Gasteiger partial charge in [-0.2, -0.15) is 0 Å². The first kappa shape index (κ1) is 21.2. The van der Waals surface area contributed by atoms with E-state index in [4.69, 9.17) is 14.2 Å². The minimum atomic E-state index is -0.823. The Bertz CT molecular complexity index is 1140. The molecule has 3 aliphatic rings. The van der Waals surface area contributed by atoms with Crippen molar-refractivity contribution < 1.29 is 28.6 Å². The highest BCUT2D eigenvalue weighted by Gasteiger charge is 2.67. The van der Waals surface area contributed by atoms with Crippen LogP contribution in [0.1, 0.15) is 17.3 Å². The lowest BCUT2D eigenvalue weighted by atomic mass is 9.76. The van der Waals surface area contributed by atoms with Crippen LogP contribution in [0.15, 0.2) is 60.7 Å². The molecule has 1 spiro atoms. The van der Waals surface area contributed by atoms with Crippen LogP contribution in [0.25, 0.3) is 0 Å². The van der Waals surface area contributed by atoms with E-state index in [0.29, 0.717) is 23.5 Å². The smallest absolute Gasteiger partial charge is 0.338 e. The molecule has 2 fully saturated rings. The van der Waals surface area contributed by atoms with Crippen LogP contribution in [0.4, 0.5) is 11.4 Å². The summed E-state index contributed by atoms with van der Waals surface area (Å²) in [4.78, 5) is 40.4. The minimum Gasteiger partial charge on any atom is -0.497 e. The quantitative estimate of drug-likeness (QED) is 0.540. The number of anilines is 2. The van der Waals surface area contributed by atoms with Crippen LogP contribution in [-0.4, -0.2) is 49.8 Å². The molecule has 8 nitrogen and oxygen atoms in total. The summed E-state index contributed by atoms with van der Waals surface area (Å²) in [6.45, 7) is 2.34. The highest BCUT2D eigenvalue weighted by molar-refractivity contribution is 6.05. The van der Waals surface area contributed by atoms with Gasteiger partial charge in [0.05, 0.1) is 43.8 Å². The number of carbonyl (C=O) groups excluding carboxylic acids is 3. The number of hydrogen-bond donors (Lipinski definition) is 1. The fourth-order valence-corrected chi connectivity index (χ4v) is 4.94. The summed E-state index contributed by atoms with van der Waals surface area (Å²) in [5.74, 6) is -1.52. The number of nitrogens with one attached hydrogen (secondary N) is 1. The fourth-order valence-electron chi connectivity index (χ4n) is 4.94. The molecule has 0 aliphatic carbocycles. The van der Waals surface area contributed by atoms with Crippen molar-refractivity contribution in [2.24, 2.45) is 11.8 Å². The third-order valence-corrected chi connectivity index (χ3v) is 6.43. The number of amides is 2. The molecule has 0 radical (unpaired) electrons. The van der Waals surface area contributed by atoms with Gasteiger partial charge < -0.3 is 24.4 Å². The van der Waals surface area contributed by atoms with E-state index in [0.717, 1.165) is 5.69 Å². The SMILES string of the molecule is CCOC(=O)c1cccc(NC(=O)[C@H]2[C@H]3C=C[C@@]4(CN(c5ccc(OC)cc5)C(=O)[C@@H]24)O3)c1. The Morgan fingerprint density at radius 3 is 2.73 bits per heavy atom. The maximum atomic E-state index is 13.4. The fraction of sp³-hybridized carbons (Fsp3) is 0.320. The van der Waals surface area contributed by atoms with Gasteiger partial charge in [-0.05, 0) is 49.4 Å². The molecular weight excluding hydrogens is 424 g/mol. The van der Waals surface area contributed by atoms with E-state index in [1.807, 2.05) is 24.3 Å². The summed E-state index contributed by atoms with van der Waals surface area (Å²) >= 11 is 0. The van der Waals surface area contributed by atoms with Crippen LogP contribution < -0.4 is 15.0 Å². The van der Waals surface area contributed by atoms with Crippen molar-refractivity contribution in [1.29, 1.82) is 0 Å². The maximum Gasteiger partial charge on any atom is 0.338 e. The van der Waals surface area contributed by atoms with Gasteiger partial charge in [-0.3, -0.25) is 9.59 Å². The Morgan fingerprint density at radius 1 is 1.21 bits per heavy atom. The standard InChI is InChI=1S/C25H24N2O6/c1-3-32-24(30)15-5-4-6-16(13-15)26-22(28)20-19-11-12-25(33-19)14-27(23(29)21(20)25)17-7-9-18(31-2)10-8-17/h4-13,19-21H,3,14H2,1-2H3,(H,26,28)/t19-,20+,21-,25+/m1/s1. The number of carbonyl (C=O) groups is 3. The second-order valence-electron chi connectivity index (χ2n) is 8.31. The lowest BCUT2D eigenvalue weighted by molar-refractivity contribution is -0.128. The average Bonchev–Trinajstić information content (AvgIpc) is 3.47. The Kier molecular flexibility index (Phi) is 5.17. The molecule has 0 aromatic heterocycles. The predicted octanol–water partition coefficient (Wildman–Crippen LogP) is 2.80. The van der Waals surface area contributed by atoms with Gasteiger partial charge in [-0.1, -0.05) is 18.2 Å². The Labute approximate surface area is 191 Å². The van der Waals surface area contributed by atoms with Gasteiger partial charge >= 0.3 is 5.97 Å². The van der Waals surface area contributed by atoms with Gasteiger partial charge in [-0.15, -0.1) is 0 Å². The number of ether oxygens (including phenoxy) is 3. The lowest BCUT2D eigenvalue weighted by Gasteiger charge is -2.23. The third-order valence-electron chi connectivity index (χ3n) is 6.43. The number of benzene rings is 2. The predicted molar refractivity (Wildman–Crippen MR) is 120 cm³/mol. The second-order valence-corrected chi connectivity index (χ2v) is 8.31. The van der Waals surface area contributed by atoms with Crippen molar-refractivity contribution in [1.82, 2.24) is 0 Å². The molecule has 4 atom stereocenters. The first-order valence-corrected chi connectivity index (χ1v) is 10.9. The summed E-state index contributed by atoms with van der Waals surface area (Å²) in [5.41, 5.74) is 0.712. The van der Waals surface area contributed by atoms with Crippen molar-refractivity contribution in [3.63, 3.8) is 0 Å². The molecular formula is C25H24N2O6. The molecule has 0 saturated carbocycles. The molecule has 2 amide bonds. The van der Waals surface area contributed by atoms with E-state index in [-0.39, 0.29) is 18.4 Å². The first-order chi connectivity index (χ1) is 16.0. The van der Waals surface area contributed by atoms with E-state index in [9.17, 15) is 14.4 Å². The van der Waals surface area contributed by atoms with Gasteiger partial charge in [0.2, 0.25) is 11.8 Å². The zero-order valence-electron chi connectivity index (χ0n) is 18.3. The van der Waals surface area contributed by atoms with Gasteiger partial charge in [0, 0.05) is 11.4 Å². The van der Waals surface area contributed by atoms with Crippen LogP contribution in [0.5, 0.6) is 5.75 Å². The Balaban J connectivity index is 1.37. The lowest BCUT2D eigenvalue weighted by Crippen LogP contribution is -2.41.